The molecule has 0 aromatic heterocycles. The predicted octanol–water partition coefficient (Wildman–Crippen LogP) is 5.11. The summed E-state index contributed by atoms with van der Waals surface area (Å²) < 4.78 is 0. The molecule has 134 valence electrons. The van der Waals surface area contributed by atoms with E-state index in [1.165, 1.54) is 5.57 Å². The first-order valence-electron chi connectivity index (χ1n) is 8.89. The van der Waals surface area contributed by atoms with Gasteiger partial charge in [-0.05, 0) is 37.1 Å². The van der Waals surface area contributed by atoms with E-state index < -0.39 is 0 Å². The number of fused-ring (bicyclic) bond motifs is 2. The van der Waals surface area contributed by atoms with Crippen molar-refractivity contribution in [2.24, 2.45) is 11.8 Å². The van der Waals surface area contributed by atoms with Gasteiger partial charge in [0, 0.05) is 11.5 Å². The Bertz CT molecular complexity index is 1010. The molecule has 2 unspecified atom stereocenters. The number of rotatable bonds is 0. The summed E-state index contributed by atoms with van der Waals surface area (Å²) >= 11 is 0. The third kappa shape index (κ3) is 3.51. The summed E-state index contributed by atoms with van der Waals surface area (Å²) in [6, 6.07) is 7.85. The van der Waals surface area contributed by atoms with Crippen LogP contribution < -0.4 is 0 Å². The number of carbonyl (C=O) groups excluding carboxylic acids is 1. The Labute approximate surface area is 160 Å². The Balaban J connectivity index is 0.000000156. The molecule has 0 amide bonds. The zero-order valence-electron chi connectivity index (χ0n) is 15.6. The molecular weight excluding hydrogens is 332 g/mol. The molecule has 1 aromatic rings. The summed E-state index contributed by atoms with van der Waals surface area (Å²) in [5.74, 6) is 0.432. The van der Waals surface area contributed by atoms with Crippen molar-refractivity contribution in [3.05, 3.63) is 107 Å². The van der Waals surface area contributed by atoms with E-state index in [0.717, 1.165) is 22.3 Å². The number of hydrogen-bond donors (Lipinski definition) is 0. The van der Waals surface area contributed by atoms with E-state index in [9.17, 15) is 4.79 Å². The van der Waals surface area contributed by atoms with E-state index in [1.54, 1.807) is 0 Å². The molecule has 0 heterocycles. The molecule has 0 spiro atoms. The maximum absolute atomic E-state index is 11.7. The highest BCUT2D eigenvalue weighted by Gasteiger charge is 2.30. The third-order valence-electron chi connectivity index (χ3n) is 5.12. The number of hydrogen-bond acceptors (Lipinski definition) is 1. The van der Waals surface area contributed by atoms with Crippen molar-refractivity contribution in [1.29, 1.82) is 0 Å². The number of allylic oxidation sites excluding steroid dienone is 10. The topological polar surface area (TPSA) is 53.5 Å². The monoisotopic (exact) mass is 354 g/mol. The van der Waals surface area contributed by atoms with E-state index in [1.807, 2.05) is 55.5 Å². The molecule has 3 nitrogen and oxygen atoms in total. The fraction of sp³-hybridized carbons (Fsp3) is 0.167. The van der Waals surface area contributed by atoms with Gasteiger partial charge in [-0.25, -0.2) is 0 Å². The minimum Gasteiger partial charge on any atom is -0.361 e. The molecular formula is C24H22N2O. The lowest BCUT2D eigenvalue weighted by atomic mass is 9.75. The van der Waals surface area contributed by atoms with Crippen molar-refractivity contribution >= 4 is 17.1 Å². The van der Waals surface area contributed by atoms with Gasteiger partial charge < -0.3 is 5.53 Å². The summed E-state index contributed by atoms with van der Waals surface area (Å²) in [7, 11) is 0. The zero-order chi connectivity index (χ0) is 19.6. The smallest absolute Gasteiger partial charge is 0.329 e. The van der Waals surface area contributed by atoms with Crippen LogP contribution in [0.4, 0.5) is 0 Å². The van der Waals surface area contributed by atoms with Gasteiger partial charge in [0.2, 0.25) is 0 Å². The molecule has 3 aliphatic carbocycles. The first-order chi connectivity index (χ1) is 12.9. The van der Waals surface area contributed by atoms with Crippen molar-refractivity contribution < 1.29 is 9.58 Å². The summed E-state index contributed by atoms with van der Waals surface area (Å²) in [6.45, 7) is 11.7. The SMILES string of the molecule is C=C1C=C(C)c2ccccc2C1=[N+]=[N-].C=C1C=CC2C(C)=CC=CC2C1=O. The molecule has 2 atom stereocenters. The number of nitrogens with zero attached hydrogens (tertiary/aromatic N) is 2. The Morgan fingerprint density at radius 3 is 2.41 bits per heavy atom. The molecule has 0 N–H and O–H groups in total. The van der Waals surface area contributed by atoms with Crippen LogP contribution in [0.15, 0.2) is 90.6 Å². The van der Waals surface area contributed by atoms with Crippen LogP contribution in [-0.4, -0.2) is 16.3 Å². The van der Waals surface area contributed by atoms with E-state index in [0.29, 0.717) is 11.3 Å². The van der Waals surface area contributed by atoms with Gasteiger partial charge in [-0.3, -0.25) is 4.79 Å². The highest BCUT2D eigenvalue weighted by Crippen LogP contribution is 2.33. The van der Waals surface area contributed by atoms with Gasteiger partial charge in [0.25, 0.3) is 0 Å². The maximum Gasteiger partial charge on any atom is 0.329 e. The Hall–Kier alpha value is -3.29. The normalized spacial score (nSPS) is 22.7. The van der Waals surface area contributed by atoms with Crippen molar-refractivity contribution in [3.63, 3.8) is 0 Å². The number of carbonyl (C=O) groups is 1. The second-order valence-electron chi connectivity index (χ2n) is 6.94. The van der Waals surface area contributed by atoms with Crippen LogP contribution in [-0.2, 0) is 4.79 Å². The summed E-state index contributed by atoms with van der Waals surface area (Å²) in [6.07, 6.45) is 11.8. The zero-order valence-corrected chi connectivity index (χ0v) is 15.6. The largest absolute Gasteiger partial charge is 0.361 e. The van der Waals surface area contributed by atoms with Gasteiger partial charge in [-0.1, -0.05) is 67.3 Å². The van der Waals surface area contributed by atoms with Crippen LogP contribution in [0.3, 0.4) is 0 Å². The molecule has 0 aliphatic heterocycles. The summed E-state index contributed by atoms with van der Waals surface area (Å²) in [5.41, 5.74) is 15.3. The molecule has 1 aromatic carbocycles. The highest BCUT2D eigenvalue weighted by molar-refractivity contribution is 6.16. The second-order valence-corrected chi connectivity index (χ2v) is 6.94. The fourth-order valence-corrected chi connectivity index (χ4v) is 3.61. The summed E-state index contributed by atoms with van der Waals surface area (Å²) in [5, 5.41) is 0. The lowest BCUT2D eigenvalue weighted by Gasteiger charge is -2.27. The molecule has 0 bridgehead atoms. The first-order valence-corrected chi connectivity index (χ1v) is 8.89. The Morgan fingerprint density at radius 1 is 1.00 bits per heavy atom. The lowest BCUT2D eigenvalue weighted by Crippen LogP contribution is -2.27. The highest BCUT2D eigenvalue weighted by atomic mass is 16.1. The first kappa shape index (κ1) is 18.5. The molecule has 0 saturated carbocycles. The van der Waals surface area contributed by atoms with Crippen molar-refractivity contribution in [2.75, 3.05) is 0 Å². The van der Waals surface area contributed by atoms with Crippen molar-refractivity contribution in [2.45, 2.75) is 13.8 Å². The average Bonchev–Trinajstić information content (AvgIpc) is 2.66. The van der Waals surface area contributed by atoms with Crippen molar-refractivity contribution in [3.8, 4) is 0 Å². The molecule has 0 radical (unpaired) electrons. The predicted molar refractivity (Wildman–Crippen MR) is 110 cm³/mol. The second kappa shape index (κ2) is 7.53. The lowest BCUT2D eigenvalue weighted by molar-refractivity contribution is -0.118. The van der Waals surface area contributed by atoms with Crippen LogP contribution in [0.5, 0.6) is 0 Å². The van der Waals surface area contributed by atoms with Gasteiger partial charge in [-0.2, -0.15) is 4.79 Å². The van der Waals surface area contributed by atoms with Crippen LogP contribution >= 0.6 is 0 Å². The van der Waals surface area contributed by atoms with Crippen LogP contribution in [0.1, 0.15) is 25.0 Å². The number of benzene rings is 1. The van der Waals surface area contributed by atoms with E-state index in [4.69, 9.17) is 5.53 Å². The van der Waals surface area contributed by atoms with Crippen molar-refractivity contribution in [1.82, 2.24) is 0 Å². The van der Waals surface area contributed by atoms with E-state index in [-0.39, 0.29) is 17.6 Å². The van der Waals surface area contributed by atoms with E-state index in [2.05, 4.69) is 37.0 Å². The van der Waals surface area contributed by atoms with Crippen LogP contribution in [0, 0.1) is 11.8 Å². The van der Waals surface area contributed by atoms with Gasteiger partial charge in [-0.15, -0.1) is 0 Å². The van der Waals surface area contributed by atoms with Crippen LogP contribution in [0.2, 0.25) is 0 Å². The van der Waals surface area contributed by atoms with E-state index >= 15 is 0 Å². The number of ketones is 1. The molecule has 3 heteroatoms. The summed E-state index contributed by atoms with van der Waals surface area (Å²) in [4.78, 5) is 15.0. The standard InChI is InChI=1S/C12H10N2.C12H12O/c1-8-7-9(2)12(14-13)11-6-4-3-5-10(8)11;1-8-4-3-5-11-10(8)7-6-9(2)12(11)13/h3-7H,2H2,1H3;3-7,10-11H,2H2,1H3. The minimum atomic E-state index is 0.00231. The van der Waals surface area contributed by atoms with Gasteiger partial charge >= 0.3 is 5.71 Å². The van der Waals surface area contributed by atoms with Gasteiger partial charge in [0.1, 0.15) is 0 Å². The van der Waals surface area contributed by atoms with Crippen LogP contribution in [0.25, 0.3) is 11.1 Å². The van der Waals surface area contributed by atoms with Gasteiger partial charge in [0.15, 0.2) is 5.78 Å². The molecule has 0 saturated heterocycles. The van der Waals surface area contributed by atoms with Gasteiger partial charge in [0.05, 0.1) is 17.1 Å². The molecule has 0 fully saturated rings. The Morgan fingerprint density at radius 2 is 1.70 bits per heavy atom. The fourth-order valence-electron chi connectivity index (χ4n) is 3.61. The number of Topliss-reactive ketones (excluding diaryl/α,β-unsaturated/α-hetero) is 1. The third-order valence-corrected chi connectivity index (χ3v) is 5.12. The Kier molecular flexibility index (Phi) is 5.16. The molecule has 4 rings (SSSR count). The molecule has 3 aliphatic rings. The maximum atomic E-state index is 11.7. The quantitative estimate of drug-likeness (QED) is 0.363. The molecule has 27 heavy (non-hydrogen) atoms. The average molecular weight is 354 g/mol. The minimum absolute atomic E-state index is 0.00231.